The molecule has 0 aliphatic heterocycles. The number of aromatic nitrogens is 2. The first-order chi connectivity index (χ1) is 13.6. The van der Waals surface area contributed by atoms with Crippen molar-refractivity contribution in [2.45, 2.75) is 44.9 Å². The van der Waals surface area contributed by atoms with Crippen LogP contribution in [-0.4, -0.2) is 33.2 Å². The standard InChI is InChI=1S/C22H26N4O2/c1-15(27)13-23-22-25-19-10-4-5-12-20(19)26(22)14-21(28)24-18-11-6-8-16-7-2-3-9-17(16)18/h2-5,7,9-10,12,15,18,27H,6,8,11,13-14H2,1H3,(H,23,25)(H,24,28)/t15-,18-/m1/s1. The molecule has 4 rings (SSSR count). The molecule has 1 aliphatic rings. The second-order valence-corrected chi connectivity index (χ2v) is 7.45. The van der Waals surface area contributed by atoms with Crippen molar-refractivity contribution < 1.29 is 9.90 Å². The average Bonchev–Trinajstić information content (AvgIpc) is 3.04. The van der Waals surface area contributed by atoms with Gasteiger partial charge in [-0.2, -0.15) is 0 Å². The van der Waals surface area contributed by atoms with Gasteiger partial charge in [-0.15, -0.1) is 0 Å². The summed E-state index contributed by atoms with van der Waals surface area (Å²) in [5, 5.41) is 15.9. The van der Waals surface area contributed by atoms with E-state index in [2.05, 4.69) is 33.8 Å². The summed E-state index contributed by atoms with van der Waals surface area (Å²) in [5.41, 5.74) is 4.28. The predicted octanol–water partition coefficient (Wildman–Crippen LogP) is 3.02. The van der Waals surface area contributed by atoms with Gasteiger partial charge < -0.3 is 20.3 Å². The highest BCUT2D eigenvalue weighted by molar-refractivity contribution is 5.83. The maximum absolute atomic E-state index is 12.9. The smallest absolute Gasteiger partial charge is 0.240 e. The minimum absolute atomic E-state index is 0.0371. The normalized spacial score (nSPS) is 17.1. The summed E-state index contributed by atoms with van der Waals surface area (Å²) in [6.07, 6.45) is 2.61. The molecule has 1 amide bonds. The lowest BCUT2D eigenvalue weighted by Crippen LogP contribution is -2.33. The van der Waals surface area contributed by atoms with E-state index in [4.69, 9.17) is 0 Å². The number of anilines is 1. The maximum Gasteiger partial charge on any atom is 0.240 e. The molecule has 0 saturated heterocycles. The van der Waals surface area contributed by atoms with Crippen molar-refractivity contribution in [3.8, 4) is 0 Å². The molecule has 1 heterocycles. The van der Waals surface area contributed by atoms with Crippen molar-refractivity contribution in [3.05, 3.63) is 59.7 Å². The average molecular weight is 378 g/mol. The Morgan fingerprint density at radius 2 is 2.04 bits per heavy atom. The SMILES string of the molecule is C[C@@H](O)CNc1nc2ccccc2n1CC(=O)N[C@@H]1CCCc2ccccc21. The number of benzene rings is 2. The molecular weight excluding hydrogens is 352 g/mol. The van der Waals surface area contributed by atoms with Crippen molar-refractivity contribution >= 4 is 22.9 Å². The molecule has 0 spiro atoms. The second-order valence-electron chi connectivity index (χ2n) is 7.45. The van der Waals surface area contributed by atoms with Crippen LogP contribution >= 0.6 is 0 Å². The van der Waals surface area contributed by atoms with Crippen LogP contribution in [0.3, 0.4) is 0 Å². The van der Waals surface area contributed by atoms with Crippen molar-refractivity contribution in [1.82, 2.24) is 14.9 Å². The molecule has 3 N–H and O–H groups in total. The Morgan fingerprint density at radius 1 is 1.25 bits per heavy atom. The number of amides is 1. The summed E-state index contributed by atoms with van der Waals surface area (Å²) in [6.45, 7) is 2.27. The Kier molecular flexibility index (Phi) is 5.30. The van der Waals surface area contributed by atoms with E-state index in [1.165, 1.54) is 11.1 Å². The van der Waals surface area contributed by atoms with Crippen LogP contribution in [0.5, 0.6) is 0 Å². The fraction of sp³-hybridized carbons (Fsp3) is 0.364. The lowest BCUT2D eigenvalue weighted by Gasteiger charge is -2.26. The molecule has 1 aliphatic carbocycles. The van der Waals surface area contributed by atoms with Crippen LogP contribution in [-0.2, 0) is 17.8 Å². The van der Waals surface area contributed by atoms with Crippen molar-refractivity contribution in [2.75, 3.05) is 11.9 Å². The van der Waals surface area contributed by atoms with E-state index in [9.17, 15) is 9.90 Å². The Balaban J connectivity index is 1.55. The van der Waals surface area contributed by atoms with Gasteiger partial charge in [0.1, 0.15) is 6.54 Å². The van der Waals surface area contributed by atoms with E-state index in [1.54, 1.807) is 6.92 Å². The van der Waals surface area contributed by atoms with Crippen LogP contribution in [0.4, 0.5) is 5.95 Å². The van der Waals surface area contributed by atoms with E-state index < -0.39 is 6.10 Å². The van der Waals surface area contributed by atoms with E-state index in [0.717, 1.165) is 30.3 Å². The van der Waals surface area contributed by atoms with E-state index in [-0.39, 0.29) is 18.5 Å². The van der Waals surface area contributed by atoms with Crippen LogP contribution in [0.2, 0.25) is 0 Å². The van der Waals surface area contributed by atoms with Crippen LogP contribution in [0.15, 0.2) is 48.5 Å². The number of hydrogen-bond donors (Lipinski definition) is 3. The maximum atomic E-state index is 12.9. The van der Waals surface area contributed by atoms with Crippen LogP contribution in [0.1, 0.15) is 36.9 Å². The summed E-state index contributed by atoms with van der Waals surface area (Å²) in [5.74, 6) is 0.561. The Bertz CT molecular complexity index is 980. The number of imidazole rings is 1. The van der Waals surface area contributed by atoms with Gasteiger partial charge in [0.05, 0.1) is 23.2 Å². The number of aliphatic hydroxyl groups is 1. The zero-order chi connectivity index (χ0) is 19.5. The molecule has 146 valence electrons. The van der Waals surface area contributed by atoms with Gasteiger partial charge in [0.15, 0.2) is 0 Å². The summed E-state index contributed by atoms with van der Waals surface area (Å²) < 4.78 is 1.88. The van der Waals surface area contributed by atoms with E-state index >= 15 is 0 Å². The highest BCUT2D eigenvalue weighted by atomic mass is 16.3. The topological polar surface area (TPSA) is 79.2 Å². The van der Waals surface area contributed by atoms with Crippen molar-refractivity contribution in [3.63, 3.8) is 0 Å². The molecule has 0 unspecified atom stereocenters. The van der Waals surface area contributed by atoms with Gasteiger partial charge in [-0.05, 0) is 49.4 Å². The predicted molar refractivity (Wildman–Crippen MR) is 110 cm³/mol. The summed E-state index contributed by atoms with van der Waals surface area (Å²) >= 11 is 0. The first-order valence-corrected chi connectivity index (χ1v) is 9.86. The monoisotopic (exact) mass is 378 g/mol. The molecule has 3 aromatic rings. The van der Waals surface area contributed by atoms with E-state index in [1.807, 2.05) is 34.9 Å². The Labute approximate surface area is 164 Å². The molecule has 0 saturated carbocycles. The van der Waals surface area contributed by atoms with E-state index in [0.29, 0.717) is 12.5 Å². The molecule has 0 radical (unpaired) electrons. The number of aryl methyl sites for hydroxylation is 1. The fourth-order valence-corrected chi connectivity index (χ4v) is 3.90. The number of para-hydroxylation sites is 2. The molecule has 6 heteroatoms. The van der Waals surface area contributed by atoms with Gasteiger partial charge in [0.2, 0.25) is 11.9 Å². The highest BCUT2D eigenvalue weighted by Gasteiger charge is 2.22. The summed E-state index contributed by atoms with van der Waals surface area (Å²) in [7, 11) is 0. The Hall–Kier alpha value is -2.86. The van der Waals surface area contributed by atoms with Gasteiger partial charge in [0.25, 0.3) is 0 Å². The molecule has 28 heavy (non-hydrogen) atoms. The second kappa shape index (κ2) is 8.02. The lowest BCUT2D eigenvalue weighted by atomic mass is 9.88. The minimum atomic E-state index is -0.499. The third-order valence-electron chi connectivity index (χ3n) is 5.22. The molecule has 6 nitrogen and oxygen atoms in total. The molecular formula is C22H26N4O2. The lowest BCUT2D eigenvalue weighted by molar-refractivity contribution is -0.122. The minimum Gasteiger partial charge on any atom is -0.392 e. The molecule has 0 bridgehead atoms. The van der Waals surface area contributed by atoms with Gasteiger partial charge in [-0.25, -0.2) is 4.98 Å². The summed E-state index contributed by atoms with van der Waals surface area (Å²) in [4.78, 5) is 17.5. The largest absolute Gasteiger partial charge is 0.392 e. The van der Waals surface area contributed by atoms with Crippen molar-refractivity contribution in [2.24, 2.45) is 0 Å². The van der Waals surface area contributed by atoms with Crippen molar-refractivity contribution in [1.29, 1.82) is 0 Å². The zero-order valence-corrected chi connectivity index (χ0v) is 16.1. The van der Waals surface area contributed by atoms with Crippen LogP contribution < -0.4 is 10.6 Å². The summed E-state index contributed by atoms with van der Waals surface area (Å²) in [6, 6.07) is 16.2. The number of rotatable bonds is 6. The Morgan fingerprint density at radius 3 is 2.89 bits per heavy atom. The number of fused-ring (bicyclic) bond motifs is 2. The number of carbonyl (C=O) groups is 1. The molecule has 2 aromatic carbocycles. The number of nitrogens with one attached hydrogen (secondary N) is 2. The third-order valence-corrected chi connectivity index (χ3v) is 5.22. The number of nitrogens with zero attached hydrogens (tertiary/aromatic N) is 2. The molecule has 1 aromatic heterocycles. The number of carbonyl (C=O) groups excluding carboxylic acids is 1. The van der Waals surface area contributed by atoms with Gasteiger partial charge in [-0.1, -0.05) is 36.4 Å². The third kappa shape index (κ3) is 3.87. The van der Waals surface area contributed by atoms with Gasteiger partial charge in [0, 0.05) is 6.54 Å². The van der Waals surface area contributed by atoms with Gasteiger partial charge in [-0.3, -0.25) is 4.79 Å². The first-order valence-electron chi connectivity index (χ1n) is 9.86. The quantitative estimate of drug-likeness (QED) is 0.616. The van der Waals surface area contributed by atoms with Gasteiger partial charge >= 0.3 is 0 Å². The van der Waals surface area contributed by atoms with Crippen LogP contribution in [0, 0.1) is 0 Å². The number of aliphatic hydroxyl groups excluding tert-OH is 1. The highest BCUT2D eigenvalue weighted by Crippen LogP contribution is 2.29. The zero-order valence-electron chi connectivity index (χ0n) is 16.1. The molecule has 0 fully saturated rings. The molecule has 2 atom stereocenters. The van der Waals surface area contributed by atoms with Crippen LogP contribution in [0.25, 0.3) is 11.0 Å². The first kappa shape index (κ1) is 18.5. The number of hydrogen-bond acceptors (Lipinski definition) is 4. The fourth-order valence-electron chi connectivity index (χ4n) is 3.90.